The predicted molar refractivity (Wildman–Crippen MR) is 127 cm³/mol. The van der Waals surface area contributed by atoms with Crippen molar-refractivity contribution in [1.82, 2.24) is 25.1 Å². The minimum Gasteiger partial charge on any atom is -0.338 e. The summed E-state index contributed by atoms with van der Waals surface area (Å²) >= 11 is 0. The highest BCUT2D eigenvalue weighted by Gasteiger charge is 2.28. The van der Waals surface area contributed by atoms with E-state index in [1.165, 1.54) is 0 Å². The maximum absolute atomic E-state index is 13.2. The molecule has 0 aliphatic carbocycles. The van der Waals surface area contributed by atoms with E-state index in [1.807, 2.05) is 67.6 Å². The highest BCUT2D eigenvalue weighted by Crippen LogP contribution is 2.28. The van der Waals surface area contributed by atoms with E-state index >= 15 is 0 Å². The molecule has 0 radical (unpaired) electrons. The number of likely N-dealkylation sites (tertiary alicyclic amines) is 1. The zero-order chi connectivity index (χ0) is 22.8. The van der Waals surface area contributed by atoms with E-state index in [2.05, 4.69) is 20.2 Å². The van der Waals surface area contributed by atoms with Crippen LogP contribution in [0.3, 0.4) is 0 Å². The lowest BCUT2D eigenvalue weighted by atomic mass is 9.95. The first-order valence-electron chi connectivity index (χ1n) is 11.2. The van der Waals surface area contributed by atoms with Crippen LogP contribution in [0.25, 0.3) is 22.5 Å². The van der Waals surface area contributed by atoms with Crippen LogP contribution in [-0.2, 0) is 0 Å². The number of rotatable bonds is 4. The molecule has 33 heavy (non-hydrogen) atoms. The van der Waals surface area contributed by atoms with Crippen LogP contribution in [0.15, 0.2) is 71.5 Å². The zero-order valence-electron chi connectivity index (χ0n) is 18.4. The van der Waals surface area contributed by atoms with Gasteiger partial charge in [-0.3, -0.25) is 14.7 Å². The molecule has 2 N–H and O–H groups in total. The Hall–Kier alpha value is -4.00. The van der Waals surface area contributed by atoms with Crippen LogP contribution in [-0.4, -0.2) is 44.1 Å². The van der Waals surface area contributed by atoms with E-state index in [9.17, 15) is 9.59 Å². The summed E-state index contributed by atoms with van der Waals surface area (Å²) in [4.78, 5) is 35.1. The number of nitrogens with zero attached hydrogens (tertiary/aromatic N) is 3. The Morgan fingerprint density at radius 3 is 2.27 bits per heavy atom. The molecule has 0 unspecified atom stereocenters. The molecule has 2 aromatic carbocycles. The fourth-order valence-corrected chi connectivity index (χ4v) is 4.40. The molecule has 1 amide bonds. The van der Waals surface area contributed by atoms with Gasteiger partial charge < -0.3 is 9.88 Å². The topological polar surface area (TPSA) is 94.7 Å². The summed E-state index contributed by atoms with van der Waals surface area (Å²) in [6.07, 6.45) is 1.54. The number of H-pyrrole nitrogens is 2. The number of aromatic nitrogens is 4. The number of amides is 1. The number of aromatic amines is 2. The van der Waals surface area contributed by atoms with E-state index in [1.54, 1.807) is 11.0 Å². The number of pyridine rings is 1. The summed E-state index contributed by atoms with van der Waals surface area (Å²) < 4.78 is 0. The number of benzene rings is 2. The summed E-state index contributed by atoms with van der Waals surface area (Å²) in [6, 6.07) is 21.4. The molecule has 0 atom stereocenters. The van der Waals surface area contributed by atoms with Gasteiger partial charge in [-0.2, -0.15) is 5.10 Å². The normalized spacial score (nSPS) is 14.4. The molecule has 7 heteroatoms. The molecule has 7 nitrogen and oxygen atoms in total. The Labute approximate surface area is 191 Å². The standard InChI is InChI=1S/C26H25N5O2/c1-17-21(18-8-4-2-5-9-18)16-22(25(32)27-17)26(33)31-14-12-20(13-15-31)24-28-23(29-30-24)19-10-6-3-7-11-19/h2-11,16,20H,12-15H2,1H3,(H,27,32)(H,28,29,30). The van der Waals surface area contributed by atoms with Crippen molar-refractivity contribution in [2.45, 2.75) is 25.7 Å². The lowest BCUT2D eigenvalue weighted by molar-refractivity contribution is 0.0709. The molecule has 2 aromatic heterocycles. The van der Waals surface area contributed by atoms with Crippen molar-refractivity contribution in [3.63, 3.8) is 0 Å². The van der Waals surface area contributed by atoms with Gasteiger partial charge in [0.25, 0.3) is 11.5 Å². The van der Waals surface area contributed by atoms with E-state index < -0.39 is 0 Å². The first kappa shape index (κ1) is 20.9. The van der Waals surface area contributed by atoms with Crippen molar-refractivity contribution < 1.29 is 4.79 Å². The fraction of sp³-hybridized carbons (Fsp3) is 0.231. The molecule has 1 aliphatic rings. The summed E-state index contributed by atoms with van der Waals surface area (Å²) in [7, 11) is 0. The Kier molecular flexibility index (Phi) is 5.60. The average Bonchev–Trinajstić information content (AvgIpc) is 3.35. The van der Waals surface area contributed by atoms with Gasteiger partial charge in [-0.15, -0.1) is 0 Å². The van der Waals surface area contributed by atoms with Crippen LogP contribution in [0.4, 0.5) is 0 Å². The molecule has 4 aromatic rings. The molecular formula is C26H25N5O2. The lowest BCUT2D eigenvalue weighted by Crippen LogP contribution is -2.40. The van der Waals surface area contributed by atoms with Crippen LogP contribution < -0.4 is 5.56 Å². The SMILES string of the molecule is Cc1[nH]c(=O)c(C(=O)N2CCC(c3nc(-c4ccccc4)n[nH]3)CC2)cc1-c1ccccc1. The predicted octanol–water partition coefficient (Wildman–Crippen LogP) is 4.16. The van der Waals surface area contributed by atoms with Gasteiger partial charge in [-0.1, -0.05) is 60.7 Å². The number of hydrogen-bond donors (Lipinski definition) is 2. The molecule has 0 spiro atoms. The molecule has 0 saturated carbocycles. The molecule has 166 valence electrons. The van der Waals surface area contributed by atoms with E-state index in [0.29, 0.717) is 18.9 Å². The highest BCUT2D eigenvalue weighted by molar-refractivity contribution is 5.95. The van der Waals surface area contributed by atoms with E-state index in [-0.39, 0.29) is 22.9 Å². The Morgan fingerprint density at radius 2 is 1.61 bits per heavy atom. The summed E-state index contributed by atoms with van der Waals surface area (Å²) in [6.45, 7) is 2.99. The second-order valence-electron chi connectivity index (χ2n) is 8.39. The second kappa shape index (κ2) is 8.86. The Morgan fingerprint density at radius 1 is 0.970 bits per heavy atom. The molecule has 5 rings (SSSR count). The van der Waals surface area contributed by atoms with Crippen molar-refractivity contribution in [1.29, 1.82) is 0 Å². The third kappa shape index (κ3) is 4.22. The minimum atomic E-state index is -0.345. The molecular weight excluding hydrogens is 414 g/mol. The van der Waals surface area contributed by atoms with Crippen molar-refractivity contribution in [2.75, 3.05) is 13.1 Å². The van der Waals surface area contributed by atoms with Gasteiger partial charge in [0, 0.05) is 35.8 Å². The van der Waals surface area contributed by atoms with Gasteiger partial charge in [0.2, 0.25) is 0 Å². The molecule has 1 saturated heterocycles. The maximum Gasteiger partial charge on any atom is 0.261 e. The zero-order valence-corrected chi connectivity index (χ0v) is 18.4. The number of aryl methyl sites for hydroxylation is 1. The van der Waals surface area contributed by atoms with Gasteiger partial charge >= 0.3 is 0 Å². The van der Waals surface area contributed by atoms with Gasteiger partial charge in [-0.25, -0.2) is 4.98 Å². The first-order chi connectivity index (χ1) is 16.1. The van der Waals surface area contributed by atoms with Crippen molar-refractivity contribution >= 4 is 5.91 Å². The smallest absolute Gasteiger partial charge is 0.261 e. The van der Waals surface area contributed by atoms with Crippen LogP contribution in [0.1, 0.15) is 40.6 Å². The second-order valence-corrected chi connectivity index (χ2v) is 8.39. The highest BCUT2D eigenvalue weighted by atomic mass is 16.2. The van der Waals surface area contributed by atoms with Crippen molar-refractivity contribution in [3.05, 3.63) is 94.2 Å². The van der Waals surface area contributed by atoms with Crippen LogP contribution in [0.2, 0.25) is 0 Å². The number of nitrogens with one attached hydrogen (secondary N) is 2. The molecule has 3 heterocycles. The van der Waals surface area contributed by atoms with Crippen molar-refractivity contribution in [3.8, 4) is 22.5 Å². The third-order valence-electron chi connectivity index (χ3n) is 6.26. The summed E-state index contributed by atoms with van der Waals surface area (Å²) in [5.74, 6) is 1.51. The van der Waals surface area contributed by atoms with Crippen LogP contribution in [0, 0.1) is 6.92 Å². The average molecular weight is 440 g/mol. The minimum absolute atomic E-state index is 0.184. The Bertz CT molecular complexity index is 1320. The van der Waals surface area contributed by atoms with Crippen LogP contribution >= 0.6 is 0 Å². The van der Waals surface area contributed by atoms with Gasteiger partial charge in [0.15, 0.2) is 5.82 Å². The lowest BCUT2D eigenvalue weighted by Gasteiger charge is -2.31. The maximum atomic E-state index is 13.2. The molecule has 0 bridgehead atoms. The van der Waals surface area contributed by atoms with Gasteiger partial charge in [0.1, 0.15) is 11.4 Å². The number of piperidine rings is 1. The number of hydrogen-bond acceptors (Lipinski definition) is 4. The first-order valence-corrected chi connectivity index (χ1v) is 11.2. The Balaban J connectivity index is 1.30. The summed E-state index contributed by atoms with van der Waals surface area (Å²) in [5, 5.41) is 7.43. The van der Waals surface area contributed by atoms with Crippen LogP contribution in [0.5, 0.6) is 0 Å². The van der Waals surface area contributed by atoms with Gasteiger partial charge in [-0.05, 0) is 31.4 Å². The number of carbonyl (C=O) groups excluding carboxylic acids is 1. The third-order valence-corrected chi connectivity index (χ3v) is 6.26. The monoisotopic (exact) mass is 439 g/mol. The van der Waals surface area contributed by atoms with E-state index in [4.69, 9.17) is 0 Å². The number of carbonyl (C=O) groups is 1. The quantitative estimate of drug-likeness (QED) is 0.499. The van der Waals surface area contributed by atoms with E-state index in [0.717, 1.165) is 41.1 Å². The molecule has 1 fully saturated rings. The molecule has 1 aliphatic heterocycles. The van der Waals surface area contributed by atoms with Gasteiger partial charge in [0.05, 0.1) is 0 Å². The largest absolute Gasteiger partial charge is 0.338 e. The fourth-order valence-electron chi connectivity index (χ4n) is 4.40. The summed E-state index contributed by atoms with van der Waals surface area (Å²) in [5.41, 5.74) is 3.40. The van der Waals surface area contributed by atoms with Crippen molar-refractivity contribution in [2.24, 2.45) is 0 Å².